The molecule has 0 spiro atoms. The number of carboxylic acid groups (broad SMARTS) is 1. The van der Waals surface area contributed by atoms with Crippen molar-refractivity contribution >= 4 is 21.9 Å². The fraction of sp³-hybridized carbons (Fsp3) is 0.636. The van der Waals surface area contributed by atoms with Crippen molar-refractivity contribution in [3.05, 3.63) is 16.1 Å². The normalized spacial score (nSPS) is 19.9. The summed E-state index contributed by atoms with van der Waals surface area (Å²) >= 11 is 3.32. The van der Waals surface area contributed by atoms with Gasteiger partial charge in [-0.2, -0.15) is 0 Å². The number of halogens is 1. The van der Waals surface area contributed by atoms with Gasteiger partial charge in [0.15, 0.2) is 6.04 Å². The molecule has 1 fully saturated rings. The molecule has 0 bridgehead atoms. The number of carboxylic acids is 1. The molecule has 0 aromatic carbocycles. The molecular weight excluding hydrogens is 300 g/mol. The lowest BCUT2D eigenvalue weighted by Crippen LogP contribution is -2.48. The number of aromatic nitrogens is 2. The number of aryl methyl sites for hydroxylation is 1. The van der Waals surface area contributed by atoms with Gasteiger partial charge in [0.2, 0.25) is 0 Å². The number of aliphatic carboxylic acids is 1. The molecule has 6 nitrogen and oxygen atoms in total. The third-order valence-corrected chi connectivity index (χ3v) is 3.82. The van der Waals surface area contributed by atoms with Gasteiger partial charge in [0.1, 0.15) is 10.4 Å². The molecule has 1 atom stereocenters. The number of carbonyl (C=O) groups is 1. The SMILES string of the molecule is Cc1nc(Br)c(C(C(=O)O)N2CCN(C)CC2)[nH]1. The fourth-order valence-electron chi connectivity index (χ4n) is 2.21. The van der Waals surface area contributed by atoms with Crippen LogP contribution in [0.25, 0.3) is 0 Å². The van der Waals surface area contributed by atoms with Crippen molar-refractivity contribution in [2.75, 3.05) is 33.2 Å². The minimum atomic E-state index is -0.844. The van der Waals surface area contributed by atoms with Gasteiger partial charge in [-0.3, -0.25) is 9.69 Å². The molecule has 1 aliphatic heterocycles. The fourth-order valence-corrected chi connectivity index (χ4v) is 2.79. The number of hydrogen-bond donors (Lipinski definition) is 2. The van der Waals surface area contributed by atoms with Crippen LogP contribution in [0, 0.1) is 6.92 Å². The third kappa shape index (κ3) is 2.73. The Morgan fingerprint density at radius 1 is 1.44 bits per heavy atom. The highest BCUT2D eigenvalue weighted by Gasteiger charge is 2.32. The average Bonchev–Trinajstić information content (AvgIpc) is 2.61. The molecule has 1 unspecified atom stereocenters. The monoisotopic (exact) mass is 316 g/mol. The van der Waals surface area contributed by atoms with Crippen LogP contribution in [0.4, 0.5) is 0 Å². The van der Waals surface area contributed by atoms with Gasteiger partial charge in [-0.15, -0.1) is 0 Å². The smallest absolute Gasteiger partial charge is 0.327 e. The van der Waals surface area contributed by atoms with Gasteiger partial charge in [-0.25, -0.2) is 4.98 Å². The Hall–Kier alpha value is -0.920. The van der Waals surface area contributed by atoms with Crippen molar-refractivity contribution in [3.63, 3.8) is 0 Å². The first-order valence-electron chi connectivity index (χ1n) is 5.86. The van der Waals surface area contributed by atoms with E-state index in [1.807, 2.05) is 18.9 Å². The largest absolute Gasteiger partial charge is 0.480 e. The Bertz CT molecular complexity index is 440. The van der Waals surface area contributed by atoms with Gasteiger partial charge in [0.25, 0.3) is 0 Å². The number of rotatable bonds is 3. The van der Waals surface area contributed by atoms with Crippen molar-refractivity contribution < 1.29 is 9.90 Å². The molecule has 2 rings (SSSR count). The molecule has 1 aliphatic rings. The predicted molar refractivity (Wildman–Crippen MR) is 70.5 cm³/mol. The molecule has 1 aromatic heterocycles. The van der Waals surface area contributed by atoms with Gasteiger partial charge in [-0.05, 0) is 29.9 Å². The molecule has 100 valence electrons. The average molecular weight is 317 g/mol. The van der Waals surface area contributed by atoms with Crippen molar-refractivity contribution in [3.8, 4) is 0 Å². The highest BCUT2D eigenvalue weighted by Crippen LogP contribution is 2.27. The maximum Gasteiger partial charge on any atom is 0.327 e. The summed E-state index contributed by atoms with van der Waals surface area (Å²) in [5, 5.41) is 9.45. The summed E-state index contributed by atoms with van der Waals surface area (Å²) in [6, 6.07) is -0.658. The predicted octanol–water partition coefficient (Wildman–Crippen LogP) is 0.854. The molecule has 0 radical (unpaired) electrons. The molecule has 7 heteroatoms. The first-order chi connectivity index (χ1) is 8.49. The van der Waals surface area contributed by atoms with Gasteiger partial charge in [-0.1, -0.05) is 0 Å². The number of nitrogens with one attached hydrogen (secondary N) is 1. The molecular formula is C11H17BrN4O2. The molecule has 2 heterocycles. The van der Waals surface area contributed by atoms with Crippen LogP contribution in [0.3, 0.4) is 0 Å². The standard InChI is InChI=1S/C11H17BrN4O2/c1-7-13-8(10(12)14-7)9(11(17)18)16-5-3-15(2)4-6-16/h9H,3-6H2,1-2H3,(H,13,14)(H,17,18). The van der Waals surface area contributed by atoms with E-state index in [1.165, 1.54) is 0 Å². The number of hydrogen-bond acceptors (Lipinski definition) is 4. The van der Waals surface area contributed by atoms with E-state index in [0.717, 1.165) is 32.0 Å². The second kappa shape index (κ2) is 5.38. The van der Waals surface area contributed by atoms with Crippen LogP contribution < -0.4 is 0 Å². The maximum atomic E-state index is 11.5. The van der Waals surface area contributed by atoms with E-state index >= 15 is 0 Å². The zero-order chi connectivity index (χ0) is 13.3. The van der Waals surface area contributed by atoms with E-state index in [9.17, 15) is 9.90 Å². The van der Waals surface area contributed by atoms with Crippen LogP contribution in [0.2, 0.25) is 0 Å². The Morgan fingerprint density at radius 3 is 2.50 bits per heavy atom. The molecule has 0 saturated carbocycles. The van der Waals surface area contributed by atoms with Crippen LogP contribution in [0.1, 0.15) is 17.6 Å². The van der Waals surface area contributed by atoms with E-state index < -0.39 is 12.0 Å². The quantitative estimate of drug-likeness (QED) is 0.865. The number of piperazine rings is 1. The van der Waals surface area contributed by atoms with E-state index in [4.69, 9.17) is 0 Å². The Morgan fingerprint density at radius 2 is 2.06 bits per heavy atom. The molecule has 1 saturated heterocycles. The van der Waals surface area contributed by atoms with Gasteiger partial charge in [0, 0.05) is 26.2 Å². The Balaban J connectivity index is 2.23. The maximum absolute atomic E-state index is 11.5. The van der Waals surface area contributed by atoms with Crippen LogP contribution in [0.5, 0.6) is 0 Å². The van der Waals surface area contributed by atoms with Crippen molar-refractivity contribution in [2.24, 2.45) is 0 Å². The Kier molecular flexibility index (Phi) is 4.04. The molecule has 0 aliphatic carbocycles. The van der Waals surface area contributed by atoms with Crippen molar-refractivity contribution in [2.45, 2.75) is 13.0 Å². The minimum Gasteiger partial charge on any atom is -0.480 e. The van der Waals surface area contributed by atoms with E-state index in [-0.39, 0.29) is 0 Å². The third-order valence-electron chi connectivity index (χ3n) is 3.21. The number of likely N-dealkylation sites (N-methyl/N-ethyl adjacent to an activating group) is 1. The van der Waals surface area contributed by atoms with Crippen LogP contribution in [-0.2, 0) is 4.79 Å². The van der Waals surface area contributed by atoms with Crippen LogP contribution in [-0.4, -0.2) is 64.1 Å². The number of aromatic amines is 1. The lowest BCUT2D eigenvalue weighted by atomic mass is 10.1. The zero-order valence-electron chi connectivity index (χ0n) is 10.5. The second-order valence-corrected chi connectivity index (χ2v) is 5.36. The van der Waals surface area contributed by atoms with E-state index in [1.54, 1.807) is 0 Å². The van der Waals surface area contributed by atoms with Crippen molar-refractivity contribution in [1.82, 2.24) is 19.8 Å². The van der Waals surface area contributed by atoms with Gasteiger partial charge >= 0.3 is 5.97 Å². The highest BCUT2D eigenvalue weighted by molar-refractivity contribution is 9.10. The summed E-state index contributed by atoms with van der Waals surface area (Å²) in [5.74, 6) is -0.124. The van der Waals surface area contributed by atoms with Gasteiger partial charge in [0.05, 0.1) is 5.69 Å². The molecule has 2 N–H and O–H groups in total. The zero-order valence-corrected chi connectivity index (χ0v) is 12.1. The summed E-state index contributed by atoms with van der Waals surface area (Å²) in [7, 11) is 2.05. The molecule has 1 aromatic rings. The summed E-state index contributed by atoms with van der Waals surface area (Å²) in [6.45, 7) is 5.08. The summed E-state index contributed by atoms with van der Waals surface area (Å²) in [5.41, 5.74) is 0.629. The molecule has 0 amide bonds. The summed E-state index contributed by atoms with van der Waals surface area (Å²) in [4.78, 5) is 22.9. The molecule has 18 heavy (non-hydrogen) atoms. The second-order valence-electron chi connectivity index (χ2n) is 4.61. The number of imidazole rings is 1. The van der Waals surface area contributed by atoms with E-state index in [0.29, 0.717) is 10.3 Å². The first-order valence-corrected chi connectivity index (χ1v) is 6.65. The van der Waals surface area contributed by atoms with Crippen LogP contribution >= 0.6 is 15.9 Å². The van der Waals surface area contributed by atoms with E-state index in [2.05, 4.69) is 30.8 Å². The van der Waals surface area contributed by atoms with Crippen LogP contribution in [0.15, 0.2) is 4.60 Å². The highest BCUT2D eigenvalue weighted by atomic mass is 79.9. The minimum absolute atomic E-state index is 0.589. The first kappa shape index (κ1) is 13.5. The topological polar surface area (TPSA) is 72.5 Å². The lowest BCUT2D eigenvalue weighted by Gasteiger charge is -2.35. The summed E-state index contributed by atoms with van der Waals surface area (Å²) in [6.07, 6.45) is 0. The number of H-pyrrole nitrogens is 1. The summed E-state index contributed by atoms with van der Waals surface area (Å²) < 4.78 is 0.589. The van der Waals surface area contributed by atoms with Gasteiger partial charge < -0.3 is 15.0 Å². The number of nitrogens with zero attached hydrogens (tertiary/aromatic N) is 3. The Labute approximate surface area is 114 Å². The lowest BCUT2D eigenvalue weighted by molar-refractivity contribution is -0.144. The van der Waals surface area contributed by atoms with Crippen molar-refractivity contribution in [1.29, 1.82) is 0 Å².